The molecule has 0 saturated heterocycles. The molecule has 9 aromatic rings. The van der Waals surface area contributed by atoms with Crippen molar-refractivity contribution in [3.63, 3.8) is 0 Å². The maximum absolute atomic E-state index is 5.32. The maximum atomic E-state index is 5.32. The number of fused-ring (bicyclic) bond motifs is 3. The summed E-state index contributed by atoms with van der Waals surface area (Å²) in [6.45, 7) is 0. The van der Waals surface area contributed by atoms with E-state index in [0.29, 0.717) is 11.6 Å². The van der Waals surface area contributed by atoms with E-state index >= 15 is 0 Å². The Labute approximate surface area is 283 Å². The first-order valence-electron chi connectivity index (χ1n) is 16.3. The molecule has 0 N–H and O–H groups in total. The number of para-hydroxylation sites is 2. The van der Waals surface area contributed by atoms with E-state index in [0.717, 1.165) is 72.5 Å². The molecule has 6 aromatic carbocycles. The van der Waals surface area contributed by atoms with Gasteiger partial charge in [-0.1, -0.05) is 146 Å². The topological polar surface area (TPSA) is 56.5 Å². The van der Waals surface area contributed by atoms with E-state index in [1.54, 1.807) is 0 Å². The summed E-state index contributed by atoms with van der Waals surface area (Å²) < 4.78 is 2.28. The molecule has 9 rings (SSSR count). The Morgan fingerprint density at radius 2 is 0.878 bits per heavy atom. The van der Waals surface area contributed by atoms with Crippen LogP contribution in [0.1, 0.15) is 0 Å². The van der Waals surface area contributed by atoms with Gasteiger partial charge in [-0.2, -0.15) is 0 Å². The van der Waals surface area contributed by atoms with Gasteiger partial charge in [-0.05, 0) is 30.3 Å². The Morgan fingerprint density at radius 1 is 0.367 bits per heavy atom. The van der Waals surface area contributed by atoms with Crippen molar-refractivity contribution in [1.82, 2.24) is 24.5 Å². The molecule has 3 heterocycles. The third-order valence-corrected chi connectivity index (χ3v) is 8.81. The van der Waals surface area contributed by atoms with Crippen LogP contribution in [0, 0.1) is 0 Å². The van der Waals surface area contributed by atoms with Crippen LogP contribution in [0.15, 0.2) is 176 Å². The Morgan fingerprint density at radius 3 is 1.53 bits per heavy atom. The predicted molar refractivity (Wildman–Crippen MR) is 199 cm³/mol. The normalized spacial score (nSPS) is 11.3. The highest BCUT2D eigenvalue weighted by atomic mass is 15.0. The number of nitrogens with zero attached hydrogens (tertiary/aromatic N) is 5. The second-order valence-corrected chi connectivity index (χ2v) is 11.9. The van der Waals surface area contributed by atoms with E-state index in [4.69, 9.17) is 19.9 Å². The monoisotopic (exact) mass is 627 g/mol. The van der Waals surface area contributed by atoms with E-state index < -0.39 is 0 Å². The van der Waals surface area contributed by atoms with Crippen molar-refractivity contribution < 1.29 is 0 Å². The molecule has 0 bridgehead atoms. The van der Waals surface area contributed by atoms with Crippen LogP contribution in [-0.2, 0) is 0 Å². The highest BCUT2D eigenvalue weighted by Crippen LogP contribution is 2.38. The van der Waals surface area contributed by atoms with Crippen LogP contribution in [0.25, 0.3) is 84.2 Å². The first-order valence-corrected chi connectivity index (χ1v) is 16.3. The lowest BCUT2D eigenvalue weighted by Gasteiger charge is -2.13. The van der Waals surface area contributed by atoms with Crippen LogP contribution in [-0.4, -0.2) is 24.5 Å². The Hall–Kier alpha value is -6.72. The fourth-order valence-electron chi connectivity index (χ4n) is 6.50. The van der Waals surface area contributed by atoms with Crippen molar-refractivity contribution in [2.24, 2.45) is 0 Å². The second-order valence-electron chi connectivity index (χ2n) is 11.9. The van der Waals surface area contributed by atoms with Crippen LogP contribution in [0.4, 0.5) is 0 Å². The van der Waals surface area contributed by atoms with Crippen LogP contribution >= 0.6 is 0 Å². The van der Waals surface area contributed by atoms with Crippen molar-refractivity contribution in [3.8, 4) is 62.2 Å². The molecule has 3 aromatic heterocycles. The van der Waals surface area contributed by atoms with Crippen LogP contribution in [0.2, 0.25) is 0 Å². The summed E-state index contributed by atoms with van der Waals surface area (Å²) >= 11 is 0. The largest absolute Gasteiger partial charge is 0.306 e. The van der Waals surface area contributed by atoms with Crippen LogP contribution in [0.3, 0.4) is 0 Å². The molecule has 0 atom stereocenters. The molecule has 0 spiro atoms. The van der Waals surface area contributed by atoms with Crippen molar-refractivity contribution >= 4 is 21.9 Å². The van der Waals surface area contributed by atoms with E-state index in [9.17, 15) is 0 Å². The minimum Gasteiger partial charge on any atom is -0.306 e. The van der Waals surface area contributed by atoms with Gasteiger partial charge in [0.1, 0.15) is 5.52 Å². The summed E-state index contributed by atoms with van der Waals surface area (Å²) in [4.78, 5) is 20.8. The first kappa shape index (κ1) is 28.5. The molecule has 5 nitrogen and oxygen atoms in total. The van der Waals surface area contributed by atoms with Gasteiger partial charge in [-0.25, -0.2) is 19.9 Å². The average Bonchev–Trinajstić information content (AvgIpc) is 3.53. The number of benzene rings is 6. The van der Waals surface area contributed by atoms with E-state index in [-0.39, 0.29) is 0 Å². The smallest absolute Gasteiger partial charge is 0.160 e. The molecule has 5 heteroatoms. The molecule has 0 saturated carbocycles. The van der Waals surface area contributed by atoms with E-state index in [1.165, 1.54) is 0 Å². The lowest BCUT2D eigenvalue weighted by Crippen LogP contribution is -2.00. The molecule has 0 fully saturated rings. The number of rotatable bonds is 6. The lowest BCUT2D eigenvalue weighted by molar-refractivity contribution is 1.15. The van der Waals surface area contributed by atoms with Gasteiger partial charge in [-0.15, -0.1) is 0 Å². The van der Waals surface area contributed by atoms with Gasteiger partial charge < -0.3 is 4.57 Å². The standard InChI is InChI=1S/C44H29N5/c1-5-16-30(17-6-1)37-29-38(31-18-7-2-8-19-31)46-44(45-37)34-23-15-22-33(28-34)40-42-41(48-43(47-40)32-20-9-3-10-21-32)36-26-13-14-27-39(36)49(42)35-24-11-4-12-25-35/h1-29H. The number of aromatic nitrogens is 5. The number of hydrogen-bond acceptors (Lipinski definition) is 4. The van der Waals surface area contributed by atoms with Gasteiger partial charge in [-0.3, -0.25) is 0 Å². The summed E-state index contributed by atoms with van der Waals surface area (Å²) in [6.07, 6.45) is 0. The van der Waals surface area contributed by atoms with Gasteiger partial charge in [0.2, 0.25) is 0 Å². The average molecular weight is 628 g/mol. The molecule has 0 radical (unpaired) electrons. The highest BCUT2D eigenvalue weighted by Gasteiger charge is 2.21. The second kappa shape index (κ2) is 12.1. The lowest BCUT2D eigenvalue weighted by atomic mass is 10.0. The van der Waals surface area contributed by atoms with Crippen molar-refractivity contribution in [2.75, 3.05) is 0 Å². The molecule has 230 valence electrons. The zero-order chi connectivity index (χ0) is 32.6. The van der Waals surface area contributed by atoms with Gasteiger partial charge in [0.25, 0.3) is 0 Å². The Bertz CT molecular complexity index is 2520. The fraction of sp³-hybridized carbons (Fsp3) is 0. The zero-order valence-corrected chi connectivity index (χ0v) is 26.5. The van der Waals surface area contributed by atoms with Crippen molar-refractivity contribution in [3.05, 3.63) is 176 Å². The van der Waals surface area contributed by atoms with Crippen LogP contribution in [0.5, 0.6) is 0 Å². The summed E-state index contributed by atoms with van der Waals surface area (Å²) in [7, 11) is 0. The molecule has 0 amide bonds. The molecular weight excluding hydrogens is 599 g/mol. The SMILES string of the molecule is c1ccc(-c2cc(-c3ccccc3)nc(-c3cccc(-c4nc(-c5ccccc5)nc5c6ccccc6n(-c6ccccc6)c45)c3)n2)cc1. The Balaban J connectivity index is 1.31. The molecule has 0 aliphatic rings. The predicted octanol–water partition coefficient (Wildman–Crippen LogP) is 10.7. The molecular formula is C44H29N5. The number of hydrogen-bond donors (Lipinski definition) is 0. The summed E-state index contributed by atoms with van der Waals surface area (Å²) in [5.41, 5.74) is 11.5. The first-order chi connectivity index (χ1) is 24.3. The van der Waals surface area contributed by atoms with Gasteiger partial charge in [0, 0.05) is 38.9 Å². The summed E-state index contributed by atoms with van der Waals surface area (Å²) in [5, 5.41) is 1.07. The van der Waals surface area contributed by atoms with Gasteiger partial charge in [0.05, 0.1) is 28.1 Å². The quantitative estimate of drug-likeness (QED) is 0.184. The summed E-state index contributed by atoms with van der Waals surface area (Å²) in [6, 6.07) is 60.1. The van der Waals surface area contributed by atoms with E-state index in [1.807, 2.05) is 60.7 Å². The minimum atomic E-state index is 0.652. The maximum Gasteiger partial charge on any atom is 0.160 e. The fourth-order valence-corrected chi connectivity index (χ4v) is 6.50. The zero-order valence-electron chi connectivity index (χ0n) is 26.5. The molecule has 49 heavy (non-hydrogen) atoms. The van der Waals surface area contributed by atoms with E-state index in [2.05, 4.69) is 120 Å². The summed E-state index contributed by atoms with van der Waals surface area (Å²) in [5.74, 6) is 1.33. The Kier molecular flexibility index (Phi) is 7.06. The van der Waals surface area contributed by atoms with Gasteiger partial charge >= 0.3 is 0 Å². The molecule has 0 unspecified atom stereocenters. The third-order valence-electron chi connectivity index (χ3n) is 8.81. The van der Waals surface area contributed by atoms with Gasteiger partial charge in [0.15, 0.2) is 11.6 Å². The van der Waals surface area contributed by atoms with Crippen LogP contribution < -0.4 is 0 Å². The highest BCUT2D eigenvalue weighted by molar-refractivity contribution is 6.11. The molecule has 0 aliphatic carbocycles. The molecule has 0 aliphatic heterocycles. The van der Waals surface area contributed by atoms with Crippen molar-refractivity contribution in [1.29, 1.82) is 0 Å². The van der Waals surface area contributed by atoms with Crippen molar-refractivity contribution in [2.45, 2.75) is 0 Å². The minimum absolute atomic E-state index is 0.652. The third kappa shape index (κ3) is 5.24.